The number of carbonyl (C=O) groups is 1. The fourth-order valence-electron chi connectivity index (χ4n) is 4.39. The lowest BCUT2D eigenvalue weighted by atomic mass is 9.78. The number of benzene rings is 1. The number of halogens is 1. The van der Waals surface area contributed by atoms with Gasteiger partial charge in [-0.05, 0) is 44.6 Å². The first-order chi connectivity index (χ1) is 13.1. The Labute approximate surface area is 160 Å². The zero-order valence-corrected chi connectivity index (χ0v) is 16.3. The molecule has 2 aliphatic rings. The topological polar surface area (TPSA) is 48.0 Å². The standard InChI is InChI=1S/C21H30FNO4/c1-3-26-12-6-17-7-13-27-21(17)8-10-23(11-9-21)20(24)14-16-4-5-18(22)15-19(16)25-2/h4-5,15,17H,3,6-14H2,1-2H3/t17-/m0/s1. The van der Waals surface area contributed by atoms with E-state index in [0.29, 0.717) is 24.8 Å². The van der Waals surface area contributed by atoms with E-state index in [1.165, 1.54) is 19.2 Å². The van der Waals surface area contributed by atoms with Crippen molar-refractivity contribution in [3.63, 3.8) is 0 Å². The molecule has 2 saturated heterocycles. The van der Waals surface area contributed by atoms with Crippen LogP contribution in [0.4, 0.5) is 4.39 Å². The molecule has 0 unspecified atom stereocenters. The van der Waals surface area contributed by atoms with Crippen molar-refractivity contribution >= 4 is 5.91 Å². The molecule has 6 heteroatoms. The van der Waals surface area contributed by atoms with Gasteiger partial charge in [0, 0.05) is 44.5 Å². The van der Waals surface area contributed by atoms with Gasteiger partial charge in [-0.2, -0.15) is 0 Å². The van der Waals surface area contributed by atoms with E-state index in [1.807, 2.05) is 11.8 Å². The summed E-state index contributed by atoms with van der Waals surface area (Å²) in [6, 6.07) is 4.32. The molecule has 0 radical (unpaired) electrons. The van der Waals surface area contributed by atoms with Gasteiger partial charge in [-0.15, -0.1) is 0 Å². The van der Waals surface area contributed by atoms with E-state index >= 15 is 0 Å². The van der Waals surface area contributed by atoms with E-state index in [9.17, 15) is 9.18 Å². The maximum atomic E-state index is 13.3. The summed E-state index contributed by atoms with van der Waals surface area (Å²) < 4.78 is 30.2. The van der Waals surface area contributed by atoms with Crippen LogP contribution in [0.15, 0.2) is 18.2 Å². The highest BCUT2D eigenvalue weighted by molar-refractivity contribution is 5.79. The Bertz CT molecular complexity index is 643. The molecular weight excluding hydrogens is 349 g/mol. The summed E-state index contributed by atoms with van der Waals surface area (Å²) in [5.41, 5.74) is 0.623. The molecule has 5 nitrogen and oxygen atoms in total. The maximum Gasteiger partial charge on any atom is 0.227 e. The Morgan fingerprint density at radius 1 is 1.37 bits per heavy atom. The van der Waals surface area contributed by atoms with Crippen molar-refractivity contribution in [3.05, 3.63) is 29.6 Å². The van der Waals surface area contributed by atoms with Crippen molar-refractivity contribution in [2.75, 3.05) is 40.0 Å². The van der Waals surface area contributed by atoms with Crippen molar-refractivity contribution < 1.29 is 23.4 Å². The highest BCUT2D eigenvalue weighted by Crippen LogP contribution is 2.42. The highest BCUT2D eigenvalue weighted by Gasteiger charge is 2.46. The van der Waals surface area contributed by atoms with Gasteiger partial charge in [-0.25, -0.2) is 4.39 Å². The summed E-state index contributed by atoms with van der Waals surface area (Å²) in [5, 5.41) is 0. The number of rotatable bonds is 7. The van der Waals surface area contributed by atoms with Crippen LogP contribution >= 0.6 is 0 Å². The molecule has 0 N–H and O–H groups in total. The molecule has 150 valence electrons. The molecule has 2 aliphatic heterocycles. The van der Waals surface area contributed by atoms with E-state index < -0.39 is 0 Å². The Balaban J connectivity index is 1.56. The van der Waals surface area contributed by atoms with E-state index in [4.69, 9.17) is 14.2 Å². The average Bonchev–Trinajstić information content (AvgIpc) is 3.06. The number of carbonyl (C=O) groups excluding carboxylic acids is 1. The van der Waals surface area contributed by atoms with Gasteiger partial charge in [0.2, 0.25) is 5.91 Å². The average molecular weight is 379 g/mol. The Morgan fingerprint density at radius 3 is 2.85 bits per heavy atom. The van der Waals surface area contributed by atoms with Gasteiger partial charge >= 0.3 is 0 Å². The summed E-state index contributed by atoms with van der Waals surface area (Å²) in [6.45, 7) is 5.74. The third kappa shape index (κ3) is 4.61. The fraction of sp³-hybridized carbons (Fsp3) is 0.667. The second kappa shape index (κ2) is 9.02. The van der Waals surface area contributed by atoms with Gasteiger partial charge in [0.25, 0.3) is 0 Å². The van der Waals surface area contributed by atoms with Crippen LogP contribution in [-0.2, 0) is 20.7 Å². The molecule has 3 rings (SSSR count). The second-order valence-electron chi connectivity index (χ2n) is 7.40. The quantitative estimate of drug-likeness (QED) is 0.683. The SMILES string of the molecule is CCOCC[C@H]1CCOC12CCN(C(=O)Cc1ccc(F)cc1OC)CC2. The number of nitrogens with zero attached hydrogens (tertiary/aromatic N) is 1. The molecule has 0 aliphatic carbocycles. The number of methoxy groups -OCH3 is 1. The van der Waals surface area contributed by atoms with Crippen molar-refractivity contribution in [2.45, 2.75) is 44.6 Å². The molecule has 2 fully saturated rings. The van der Waals surface area contributed by atoms with Gasteiger partial charge in [0.15, 0.2) is 0 Å². The van der Waals surface area contributed by atoms with E-state index in [2.05, 4.69) is 0 Å². The predicted octanol–water partition coefficient (Wildman–Crippen LogP) is 3.20. The minimum atomic E-state index is -0.362. The molecule has 0 aromatic heterocycles. The number of hydrogen-bond acceptors (Lipinski definition) is 4. The summed E-state index contributed by atoms with van der Waals surface area (Å²) in [4.78, 5) is 14.6. The van der Waals surface area contributed by atoms with E-state index in [-0.39, 0.29) is 23.7 Å². The van der Waals surface area contributed by atoms with Crippen molar-refractivity contribution in [1.82, 2.24) is 4.90 Å². The summed E-state index contributed by atoms with van der Waals surface area (Å²) in [6.07, 6.45) is 4.07. The van der Waals surface area contributed by atoms with Gasteiger partial charge in [-0.1, -0.05) is 6.07 Å². The highest BCUT2D eigenvalue weighted by atomic mass is 19.1. The van der Waals surface area contributed by atoms with Crippen LogP contribution in [0.5, 0.6) is 5.75 Å². The van der Waals surface area contributed by atoms with Crippen molar-refractivity contribution in [3.8, 4) is 5.75 Å². The van der Waals surface area contributed by atoms with E-state index in [0.717, 1.165) is 51.1 Å². The minimum absolute atomic E-state index is 0.0543. The number of ether oxygens (including phenoxy) is 3. The Hall–Kier alpha value is -1.66. The third-order valence-corrected chi connectivity index (χ3v) is 5.97. The zero-order valence-electron chi connectivity index (χ0n) is 16.3. The number of likely N-dealkylation sites (tertiary alicyclic amines) is 1. The van der Waals surface area contributed by atoms with Gasteiger partial charge < -0.3 is 19.1 Å². The zero-order chi connectivity index (χ0) is 19.3. The Kier molecular flexibility index (Phi) is 6.71. The molecule has 1 spiro atoms. The molecule has 1 aromatic rings. The summed E-state index contributed by atoms with van der Waals surface area (Å²) in [5.74, 6) is 0.628. The molecule has 0 bridgehead atoms. The first-order valence-corrected chi connectivity index (χ1v) is 9.90. The maximum absolute atomic E-state index is 13.3. The van der Waals surface area contributed by atoms with Gasteiger partial charge in [0.1, 0.15) is 11.6 Å². The van der Waals surface area contributed by atoms with Crippen LogP contribution in [-0.4, -0.2) is 56.4 Å². The van der Waals surface area contributed by atoms with Crippen molar-refractivity contribution in [2.24, 2.45) is 5.92 Å². The normalized spacial score (nSPS) is 21.6. The van der Waals surface area contributed by atoms with Crippen LogP contribution < -0.4 is 4.74 Å². The van der Waals surface area contributed by atoms with Crippen LogP contribution in [0.1, 0.15) is 38.2 Å². The first kappa shape index (κ1) is 20.1. The smallest absolute Gasteiger partial charge is 0.227 e. The number of piperidine rings is 1. The van der Waals surface area contributed by atoms with Gasteiger partial charge in [0.05, 0.1) is 19.1 Å². The lowest BCUT2D eigenvalue weighted by Crippen LogP contribution is -2.50. The number of amides is 1. The molecule has 1 amide bonds. The lowest BCUT2D eigenvalue weighted by Gasteiger charge is -2.42. The van der Waals surface area contributed by atoms with Crippen LogP contribution in [0.3, 0.4) is 0 Å². The molecule has 27 heavy (non-hydrogen) atoms. The molecule has 1 aromatic carbocycles. The third-order valence-electron chi connectivity index (χ3n) is 5.97. The first-order valence-electron chi connectivity index (χ1n) is 9.90. The predicted molar refractivity (Wildman–Crippen MR) is 100 cm³/mol. The fourth-order valence-corrected chi connectivity index (χ4v) is 4.39. The molecule has 1 atom stereocenters. The second-order valence-corrected chi connectivity index (χ2v) is 7.40. The van der Waals surface area contributed by atoms with E-state index in [1.54, 1.807) is 6.07 Å². The summed E-state index contributed by atoms with van der Waals surface area (Å²) in [7, 11) is 1.49. The lowest BCUT2D eigenvalue weighted by molar-refractivity contribution is -0.137. The van der Waals surface area contributed by atoms with Crippen LogP contribution in [0, 0.1) is 11.7 Å². The molecule has 0 saturated carbocycles. The van der Waals surface area contributed by atoms with Crippen molar-refractivity contribution in [1.29, 1.82) is 0 Å². The monoisotopic (exact) mass is 379 g/mol. The minimum Gasteiger partial charge on any atom is -0.496 e. The number of hydrogen-bond donors (Lipinski definition) is 0. The molecular formula is C21H30FNO4. The van der Waals surface area contributed by atoms with Gasteiger partial charge in [-0.3, -0.25) is 4.79 Å². The Morgan fingerprint density at radius 2 is 2.15 bits per heavy atom. The van der Waals surface area contributed by atoms with Crippen LogP contribution in [0.2, 0.25) is 0 Å². The molecule has 2 heterocycles. The summed E-state index contributed by atoms with van der Waals surface area (Å²) >= 11 is 0. The van der Waals surface area contributed by atoms with Crippen LogP contribution in [0.25, 0.3) is 0 Å². The largest absolute Gasteiger partial charge is 0.496 e.